The van der Waals surface area contributed by atoms with E-state index in [4.69, 9.17) is 0 Å². The van der Waals surface area contributed by atoms with Crippen molar-refractivity contribution in [1.82, 2.24) is 4.98 Å². The predicted octanol–water partition coefficient (Wildman–Crippen LogP) is 4.21. The lowest BCUT2D eigenvalue weighted by atomic mass is 10.1. The van der Waals surface area contributed by atoms with Crippen LogP contribution >= 0.6 is 0 Å². The number of amides is 2. The molecule has 2 aromatic carbocycles. The summed E-state index contributed by atoms with van der Waals surface area (Å²) in [5, 5.41) is 8.80. The van der Waals surface area contributed by atoms with E-state index in [9.17, 15) is 9.59 Å². The number of aromatic nitrogens is 1. The molecular formula is C22H22N4O2. The summed E-state index contributed by atoms with van der Waals surface area (Å²) in [6.07, 6.45) is 3.20. The van der Waals surface area contributed by atoms with Crippen LogP contribution in [-0.2, 0) is 11.3 Å². The van der Waals surface area contributed by atoms with Gasteiger partial charge in [-0.3, -0.25) is 14.6 Å². The van der Waals surface area contributed by atoms with E-state index in [-0.39, 0.29) is 11.8 Å². The Morgan fingerprint density at radius 1 is 0.893 bits per heavy atom. The van der Waals surface area contributed by atoms with Crippen LogP contribution in [-0.4, -0.2) is 16.8 Å². The van der Waals surface area contributed by atoms with Gasteiger partial charge in [0.25, 0.3) is 5.91 Å². The van der Waals surface area contributed by atoms with Crippen LogP contribution < -0.4 is 16.0 Å². The highest BCUT2D eigenvalue weighted by atomic mass is 16.2. The minimum absolute atomic E-state index is 0.167. The van der Waals surface area contributed by atoms with Crippen LogP contribution in [0, 0.1) is 6.92 Å². The van der Waals surface area contributed by atoms with Crippen molar-refractivity contribution in [3.63, 3.8) is 0 Å². The quantitative estimate of drug-likeness (QED) is 0.603. The molecule has 0 spiro atoms. The average Bonchev–Trinajstić information content (AvgIpc) is 2.66. The number of hydrogen-bond donors (Lipinski definition) is 3. The maximum Gasteiger partial charge on any atom is 0.257 e. The van der Waals surface area contributed by atoms with Gasteiger partial charge in [0.15, 0.2) is 0 Å². The molecule has 3 N–H and O–H groups in total. The monoisotopic (exact) mass is 374 g/mol. The number of nitrogens with one attached hydrogen (secondary N) is 3. The Morgan fingerprint density at radius 2 is 1.64 bits per heavy atom. The van der Waals surface area contributed by atoms with E-state index in [1.165, 1.54) is 18.7 Å². The van der Waals surface area contributed by atoms with Crippen molar-refractivity contribution in [3.8, 4) is 0 Å². The molecule has 0 bridgehead atoms. The van der Waals surface area contributed by atoms with Gasteiger partial charge >= 0.3 is 0 Å². The van der Waals surface area contributed by atoms with Gasteiger partial charge in [0.2, 0.25) is 5.91 Å². The molecule has 3 rings (SSSR count). The number of carbonyl (C=O) groups is 2. The Morgan fingerprint density at radius 3 is 2.39 bits per heavy atom. The van der Waals surface area contributed by atoms with Gasteiger partial charge in [-0.2, -0.15) is 0 Å². The fraction of sp³-hybridized carbons (Fsp3) is 0.136. The lowest BCUT2D eigenvalue weighted by Crippen LogP contribution is -2.13. The molecule has 0 aliphatic carbocycles. The van der Waals surface area contributed by atoms with Crippen LogP contribution in [0.5, 0.6) is 0 Å². The second-order valence-electron chi connectivity index (χ2n) is 6.52. The molecule has 0 aliphatic heterocycles. The third-order valence-corrected chi connectivity index (χ3v) is 4.02. The molecule has 1 heterocycles. The molecule has 0 saturated carbocycles. The number of carbonyl (C=O) groups excluding carboxylic acids is 2. The first-order chi connectivity index (χ1) is 13.5. The third kappa shape index (κ3) is 5.41. The molecule has 0 fully saturated rings. The Balaban J connectivity index is 1.66. The molecule has 0 aliphatic rings. The average molecular weight is 374 g/mol. The summed E-state index contributed by atoms with van der Waals surface area (Å²) in [7, 11) is 0. The number of nitrogens with zero attached hydrogens (tertiary/aromatic N) is 1. The molecule has 2 amide bonds. The predicted molar refractivity (Wildman–Crippen MR) is 111 cm³/mol. The summed E-state index contributed by atoms with van der Waals surface area (Å²) < 4.78 is 0. The molecule has 0 unspecified atom stereocenters. The highest BCUT2D eigenvalue weighted by molar-refractivity contribution is 6.05. The summed E-state index contributed by atoms with van der Waals surface area (Å²) in [4.78, 5) is 27.9. The van der Waals surface area contributed by atoms with Crippen molar-refractivity contribution in [1.29, 1.82) is 0 Å². The Labute approximate surface area is 164 Å². The minimum Gasteiger partial charge on any atom is -0.380 e. The minimum atomic E-state index is -0.272. The number of benzene rings is 2. The summed E-state index contributed by atoms with van der Waals surface area (Å²) in [5.41, 5.74) is 4.78. The molecule has 0 saturated heterocycles. The van der Waals surface area contributed by atoms with Gasteiger partial charge in [0, 0.05) is 37.2 Å². The van der Waals surface area contributed by atoms with Crippen molar-refractivity contribution < 1.29 is 9.59 Å². The molecule has 1 aromatic heterocycles. The van der Waals surface area contributed by atoms with Gasteiger partial charge in [0.05, 0.1) is 11.3 Å². The zero-order valence-corrected chi connectivity index (χ0v) is 15.8. The standard InChI is InChI=1S/C22H22N4O2/c1-15-5-3-6-17(9-15)12-24-21-10-18(13-23-14-21)22(28)26-20-8-4-7-19(11-20)25-16(2)27/h3-11,13-14,24H,12H2,1-2H3,(H,25,27)(H,26,28). The second kappa shape index (κ2) is 8.81. The highest BCUT2D eigenvalue weighted by Crippen LogP contribution is 2.17. The molecule has 6 nitrogen and oxygen atoms in total. The number of aryl methyl sites for hydroxylation is 1. The van der Waals surface area contributed by atoms with Gasteiger partial charge in [-0.25, -0.2) is 0 Å². The number of anilines is 3. The van der Waals surface area contributed by atoms with Crippen LogP contribution in [0.1, 0.15) is 28.4 Å². The number of pyridine rings is 1. The van der Waals surface area contributed by atoms with Gasteiger partial charge < -0.3 is 16.0 Å². The van der Waals surface area contributed by atoms with Gasteiger partial charge in [-0.15, -0.1) is 0 Å². The lowest BCUT2D eigenvalue weighted by molar-refractivity contribution is -0.114. The van der Waals surface area contributed by atoms with Gasteiger partial charge in [0.1, 0.15) is 0 Å². The van der Waals surface area contributed by atoms with Crippen molar-refractivity contribution in [2.24, 2.45) is 0 Å². The Bertz CT molecular complexity index is 1000. The van der Waals surface area contributed by atoms with E-state index in [1.807, 2.05) is 12.1 Å². The van der Waals surface area contributed by atoms with Crippen molar-refractivity contribution in [3.05, 3.63) is 83.7 Å². The molecule has 0 atom stereocenters. The SMILES string of the molecule is CC(=O)Nc1cccc(NC(=O)c2cncc(NCc3cccc(C)c3)c2)c1. The first-order valence-corrected chi connectivity index (χ1v) is 8.93. The van der Waals surface area contributed by atoms with Crippen molar-refractivity contribution in [2.75, 3.05) is 16.0 Å². The van der Waals surface area contributed by atoms with Gasteiger partial charge in [-0.1, -0.05) is 35.9 Å². The maximum absolute atomic E-state index is 12.6. The molecule has 142 valence electrons. The lowest BCUT2D eigenvalue weighted by Gasteiger charge is -2.10. The Kier molecular flexibility index (Phi) is 6.01. The zero-order chi connectivity index (χ0) is 19.9. The fourth-order valence-electron chi connectivity index (χ4n) is 2.77. The van der Waals surface area contributed by atoms with Crippen LogP contribution in [0.4, 0.5) is 17.1 Å². The topological polar surface area (TPSA) is 83.1 Å². The molecule has 6 heteroatoms. The zero-order valence-electron chi connectivity index (χ0n) is 15.8. The van der Waals surface area contributed by atoms with E-state index < -0.39 is 0 Å². The van der Waals surface area contributed by atoms with Crippen LogP contribution in [0.2, 0.25) is 0 Å². The van der Waals surface area contributed by atoms with E-state index in [0.717, 1.165) is 11.3 Å². The second-order valence-corrected chi connectivity index (χ2v) is 6.52. The van der Waals surface area contributed by atoms with Crippen molar-refractivity contribution in [2.45, 2.75) is 20.4 Å². The summed E-state index contributed by atoms with van der Waals surface area (Å²) in [6.45, 7) is 4.14. The highest BCUT2D eigenvalue weighted by Gasteiger charge is 2.08. The van der Waals surface area contributed by atoms with E-state index in [2.05, 4.69) is 40.0 Å². The summed E-state index contributed by atoms with van der Waals surface area (Å²) >= 11 is 0. The van der Waals surface area contributed by atoms with E-state index in [1.54, 1.807) is 36.5 Å². The number of rotatable bonds is 6. The smallest absolute Gasteiger partial charge is 0.257 e. The normalized spacial score (nSPS) is 10.2. The summed E-state index contributed by atoms with van der Waals surface area (Å²) in [5.74, 6) is -0.438. The van der Waals surface area contributed by atoms with Gasteiger partial charge in [-0.05, 0) is 36.8 Å². The van der Waals surface area contributed by atoms with Crippen molar-refractivity contribution >= 4 is 28.9 Å². The molecular weight excluding hydrogens is 352 g/mol. The first kappa shape index (κ1) is 19.1. The Hall–Kier alpha value is -3.67. The van der Waals surface area contributed by atoms with Crippen LogP contribution in [0.25, 0.3) is 0 Å². The maximum atomic E-state index is 12.6. The van der Waals surface area contributed by atoms with E-state index in [0.29, 0.717) is 23.5 Å². The molecule has 28 heavy (non-hydrogen) atoms. The van der Waals surface area contributed by atoms with Crippen LogP contribution in [0.15, 0.2) is 67.0 Å². The van der Waals surface area contributed by atoms with Crippen LogP contribution in [0.3, 0.4) is 0 Å². The summed E-state index contributed by atoms with van der Waals surface area (Å²) in [6, 6.07) is 17.0. The van der Waals surface area contributed by atoms with E-state index >= 15 is 0 Å². The third-order valence-electron chi connectivity index (χ3n) is 4.02. The number of hydrogen-bond acceptors (Lipinski definition) is 4. The molecule has 3 aromatic rings. The fourth-order valence-corrected chi connectivity index (χ4v) is 2.77. The largest absolute Gasteiger partial charge is 0.380 e. The molecule has 0 radical (unpaired) electrons. The first-order valence-electron chi connectivity index (χ1n) is 8.93.